The Morgan fingerprint density at radius 2 is 1.57 bits per heavy atom. The predicted molar refractivity (Wildman–Crippen MR) is 89.3 cm³/mol. The van der Waals surface area contributed by atoms with Crippen molar-refractivity contribution in [2.45, 2.75) is 13.8 Å². The number of rotatable bonds is 3. The van der Waals surface area contributed by atoms with Crippen molar-refractivity contribution in [1.29, 1.82) is 0 Å². The maximum Gasteiger partial charge on any atom is 0.337 e. The molecule has 2 N–H and O–H groups in total. The van der Waals surface area contributed by atoms with Crippen LogP contribution in [0.5, 0.6) is 5.75 Å². The zero-order valence-electron chi connectivity index (χ0n) is 12.9. The summed E-state index contributed by atoms with van der Waals surface area (Å²) in [6, 6.07) is 16.4. The Hall–Kier alpha value is -3.01. The average Bonchev–Trinajstić information content (AvgIpc) is 2.87. The first-order valence-corrected chi connectivity index (χ1v) is 7.29. The minimum Gasteiger partial charge on any atom is -0.508 e. The molecule has 3 rings (SSSR count). The van der Waals surface area contributed by atoms with Gasteiger partial charge in [0.1, 0.15) is 5.75 Å². The van der Waals surface area contributed by atoms with Gasteiger partial charge in [0, 0.05) is 11.4 Å². The number of aromatic hydroxyl groups is 1. The number of aryl methyl sites for hydroxylation is 1. The number of aromatic carboxylic acids is 1. The summed E-state index contributed by atoms with van der Waals surface area (Å²) in [6.07, 6.45) is 0. The van der Waals surface area contributed by atoms with Crippen LogP contribution in [-0.4, -0.2) is 20.7 Å². The SMILES string of the molecule is Cc1ccc(-c2cc(C(=O)O)c(C)n2-c2ccc(O)cc2)cc1. The summed E-state index contributed by atoms with van der Waals surface area (Å²) in [4.78, 5) is 11.5. The quantitative estimate of drug-likeness (QED) is 0.763. The van der Waals surface area contributed by atoms with E-state index in [1.165, 1.54) is 0 Å². The lowest BCUT2D eigenvalue weighted by atomic mass is 10.1. The second kappa shape index (κ2) is 5.65. The van der Waals surface area contributed by atoms with Crippen molar-refractivity contribution in [2.75, 3.05) is 0 Å². The van der Waals surface area contributed by atoms with Crippen molar-refractivity contribution in [3.8, 4) is 22.7 Å². The first kappa shape index (κ1) is 14.9. The van der Waals surface area contributed by atoms with E-state index in [-0.39, 0.29) is 11.3 Å². The molecular formula is C19H17NO3. The molecule has 0 saturated carbocycles. The van der Waals surface area contributed by atoms with Crippen LogP contribution in [-0.2, 0) is 0 Å². The van der Waals surface area contributed by atoms with E-state index in [1.54, 1.807) is 37.3 Å². The molecule has 0 aliphatic rings. The number of carboxylic acids is 1. The molecule has 0 spiro atoms. The fourth-order valence-electron chi connectivity index (χ4n) is 2.69. The first-order chi connectivity index (χ1) is 11.0. The number of phenols is 1. The zero-order chi connectivity index (χ0) is 16.6. The van der Waals surface area contributed by atoms with Gasteiger partial charge in [-0.1, -0.05) is 29.8 Å². The molecule has 0 radical (unpaired) electrons. The Kier molecular flexibility index (Phi) is 3.66. The molecule has 4 nitrogen and oxygen atoms in total. The lowest BCUT2D eigenvalue weighted by molar-refractivity contribution is 0.0696. The fourth-order valence-corrected chi connectivity index (χ4v) is 2.69. The molecule has 0 saturated heterocycles. The van der Waals surface area contributed by atoms with Gasteiger partial charge in [0.2, 0.25) is 0 Å². The molecule has 23 heavy (non-hydrogen) atoms. The summed E-state index contributed by atoms with van der Waals surface area (Å²) in [5.41, 5.74) is 4.63. The van der Waals surface area contributed by atoms with Crippen LogP contribution in [0, 0.1) is 13.8 Å². The Bertz CT molecular complexity index is 859. The molecule has 0 bridgehead atoms. The number of aromatic nitrogens is 1. The highest BCUT2D eigenvalue weighted by Crippen LogP contribution is 2.30. The van der Waals surface area contributed by atoms with Crippen LogP contribution in [0.1, 0.15) is 21.6 Å². The van der Waals surface area contributed by atoms with Gasteiger partial charge in [0.25, 0.3) is 0 Å². The van der Waals surface area contributed by atoms with E-state index in [4.69, 9.17) is 0 Å². The monoisotopic (exact) mass is 307 g/mol. The van der Waals surface area contributed by atoms with Gasteiger partial charge in [-0.05, 0) is 49.7 Å². The minimum atomic E-state index is -0.951. The van der Waals surface area contributed by atoms with Crippen LogP contribution in [0.2, 0.25) is 0 Å². The third kappa shape index (κ3) is 2.71. The summed E-state index contributed by atoms with van der Waals surface area (Å²) in [5, 5.41) is 18.9. The number of hydrogen-bond acceptors (Lipinski definition) is 2. The third-order valence-corrected chi connectivity index (χ3v) is 3.93. The van der Waals surface area contributed by atoms with Crippen LogP contribution in [0.25, 0.3) is 16.9 Å². The predicted octanol–water partition coefficient (Wildman–Crippen LogP) is 4.16. The number of carbonyl (C=O) groups is 1. The molecular weight excluding hydrogens is 290 g/mol. The Morgan fingerprint density at radius 3 is 2.13 bits per heavy atom. The maximum absolute atomic E-state index is 11.5. The van der Waals surface area contributed by atoms with Gasteiger partial charge in [-0.25, -0.2) is 4.79 Å². The van der Waals surface area contributed by atoms with Crippen molar-refractivity contribution in [2.24, 2.45) is 0 Å². The number of benzene rings is 2. The Balaban J connectivity index is 2.25. The standard InChI is InChI=1S/C19H17NO3/c1-12-3-5-14(6-4-12)18-11-17(19(22)23)13(2)20(18)15-7-9-16(21)10-8-15/h3-11,21H,1-2H3,(H,22,23). The van der Waals surface area contributed by atoms with E-state index in [2.05, 4.69) is 0 Å². The first-order valence-electron chi connectivity index (χ1n) is 7.29. The normalized spacial score (nSPS) is 10.7. The number of hydrogen-bond donors (Lipinski definition) is 2. The molecule has 0 amide bonds. The van der Waals surface area contributed by atoms with Crippen molar-refractivity contribution in [3.05, 3.63) is 71.4 Å². The van der Waals surface area contributed by atoms with Crippen LogP contribution < -0.4 is 0 Å². The van der Waals surface area contributed by atoms with Crippen molar-refractivity contribution in [3.63, 3.8) is 0 Å². The van der Waals surface area contributed by atoms with Crippen molar-refractivity contribution in [1.82, 2.24) is 4.57 Å². The smallest absolute Gasteiger partial charge is 0.337 e. The summed E-state index contributed by atoms with van der Waals surface area (Å²) in [7, 11) is 0. The molecule has 0 aliphatic heterocycles. The van der Waals surface area contributed by atoms with Crippen molar-refractivity contribution >= 4 is 5.97 Å². The molecule has 3 aromatic rings. The summed E-state index contributed by atoms with van der Waals surface area (Å²) in [5.74, 6) is -0.776. The lowest BCUT2D eigenvalue weighted by Gasteiger charge is -2.12. The summed E-state index contributed by atoms with van der Waals surface area (Å²) < 4.78 is 1.90. The molecule has 116 valence electrons. The van der Waals surface area contributed by atoms with Crippen LogP contribution >= 0.6 is 0 Å². The molecule has 0 atom stereocenters. The second-order valence-corrected chi connectivity index (χ2v) is 5.55. The molecule has 0 unspecified atom stereocenters. The van der Waals surface area contributed by atoms with E-state index >= 15 is 0 Å². The molecule has 0 fully saturated rings. The van der Waals surface area contributed by atoms with E-state index < -0.39 is 5.97 Å². The lowest BCUT2D eigenvalue weighted by Crippen LogP contribution is -2.02. The Morgan fingerprint density at radius 1 is 0.957 bits per heavy atom. The van der Waals surface area contributed by atoms with Crippen molar-refractivity contribution < 1.29 is 15.0 Å². The molecule has 2 aromatic carbocycles. The van der Waals surface area contributed by atoms with E-state index in [9.17, 15) is 15.0 Å². The third-order valence-electron chi connectivity index (χ3n) is 3.93. The minimum absolute atomic E-state index is 0.175. The van der Waals surface area contributed by atoms with Crippen LogP contribution in [0.4, 0.5) is 0 Å². The highest BCUT2D eigenvalue weighted by molar-refractivity contribution is 5.91. The topological polar surface area (TPSA) is 62.5 Å². The summed E-state index contributed by atoms with van der Waals surface area (Å²) >= 11 is 0. The zero-order valence-corrected chi connectivity index (χ0v) is 12.9. The highest BCUT2D eigenvalue weighted by Gasteiger charge is 2.18. The molecule has 1 aromatic heterocycles. The molecule has 4 heteroatoms. The highest BCUT2D eigenvalue weighted by atomic mass is 16.4. The Labute approximate surface area is 134 Å². The van der Waals surface area contributed by atoms with Gasteiger partial charge in [-0.15, -0.1) is 0 Å². The van der Waals surface area contributed by atoms with Gasteiger partial charge >= 0.3 is 5.97 Å². The average molecular weight is 307 g/mol. The number of phenolic OH excluding ortho intramolecular Hbond substituents is 1. The van der Waals surface area contributed by atoms with E-state index in [1.807, 2.05) is 35.8 Å². The van der Waals surface area contributed by atoms with Gasteiger partial charge in [0.15, 0.2) is 0 Å². The van der Waals surface area contributed by atoms with Crippen LogP contribution in [0.15, 0.2) is 54.6 Å². The van der Waals surface area contributed by atoms with Gasteiger partial charge in [0.05, 0.1) is 11.3 Å². The van der Waals surface area contributed by atoms with E-state index in [0.717, 1.165) is 22.5 Å². The largest absolute Gasteiger partial charge is 0.508 e. The van der Waals surface area contributed by atoms with Gasteiger partial charge in [-0.2, -0.15) is 0 Å². The van der Waals surface area contributed by atoms with Gasteiger partial charge in [-0.3, -0.25) is 0 Å². The van der Waals surface area contributed by atoms with E-state index in [0.29, 0.717) is 5.69 Å². The summed E-state index contributed by atoms with van der Waals surface area (Å²) in [6.45, 7) is 3.80. The second-order valence-electron chi connectivity index (χ2n) is 5.55. The molecule has 0 aliphatic carbocycles. The maximum atomic E-state index is 11.5. The fraction of sp³-hybridized carbons (Fsp3) is 0.105. The molecule has 1 heterocycles. The van der Waals surface area contributed by atoms with Gasteiger partial charge < -0.3 is 14.8 Å². The van der Waals surface area contributed by atoms with Crippen LogP contribution in [0.3, 0.4) is 0 Å². The number of carboxylic acid groups (broad SMARTS) is 1. The number of nitrogens with zero attached hydrogens (tertiary/aromatic N) is 1.